The molecule has 246 valence electrons. The monoisotopic (exact) mass is 667 g/mol. The van der Waals surface area contributed by atoms with E-state index in [0.29, 0.717) is 0 Å². The van der Waals surface area contributed by atoms with E-state index in [9.17, 15) is 0 Å². The minimum Gasteiger partial charge on any atom is -0.456 e. The Kier molecular flexibility index (Phi) is 6.97. The number of hydrogen-bond acceptors (Lipinski definition) is 4. The van der Waals surface area contributed by atoms with Gasteiger partial charge in [0, 0.05) is 27.5 Å². The van der Waals surface area contributed by atoms with Gasteiger partial charge in [-0.3, -0.25) is 0 Å². The van der Waals surface area contributed by atoms with Crippen LogP contribution in [-0.2, 0) is 6.42 Å². The van der Waals surface area contributed by atoms with Gasteiger partial charge in [-0.15, -0.1) is 10.2 Å². The third-order valence-corrected chi connectivity index (χ3v) is 10.8. The summed E-state index contributed by atoms with van der Waals surface area (Å²) in [6, 6.07) is 53.4. The molecule has 0 spiro atoms. The first-order chi connectivity index (χ1) is 25.7. The smallest absolute Gasteiger partial charge is 0.136 e. The molecule has 10 rings (SSSR count). The first-order valence-corrected chi connectivity index (χ1v) is 17.8. The van der Waals surface area contributed by atoms with Crippen LogP contribution in [0, 0.1) is 13.8 Å². The van der Waals surface area contributed by atoms with E-state index in [1.807, 2.05) is 12.1 Å². The highest BCUT2D eigenvalue weighted by molar-refractivity contribution is 6.16. The predicted octanol–water partition coefficient (Wildman–Crippen LogP) is 12.3. The molecule has 0 fully saturated rings. The lowest BCUT2D eigenvalue weighted by atomic mass is 9.83. The molecule has 0 radical (unpaired) electrons. The fourth-order valence-corrected chi connectivity index (χ4v) is 8.29. The van der Waals surface area contributed by atoms with Gasteiger partial charge in [-0.25, -0.2) is 0 Å². The van der Waals surface area contributed by atoms with Crippen LogP contribution < -0.4 is 0 Å². The molecule has 2 heterocycles. The van der Waals surface area contributed by atoms with Gasteiger partial charge in [0.05, 0.1) is 0 Å². The fraction of sp³-hybridized carbons (Fsp3) is 0.0625. The molecule has 0 amide bonds. The summed E-state index contributed by atoms with van der Waals surface area (Å²) in [5, 5.41) is 16.7. The Morgan fingerprint density at radius 3 is 1.96 bits per heavy atom. The zero-order chi connectivity index (χ0) is 34.8. The molecule has 1 aliphatic rings. The van der Waals surface area contributed by atoms with Crippen LogP contribution in [0.1, 0.15) is 22.3 Å². The standard InChI is InChI=1S/C48H33N3O/c1-29-27-39-34-20-10-9-19-33(34)28-40(39)43(30(29)2)48-44(32-17-7-4-8-18-32)47(49-51-50-48)38-24-13-22-35(31-15-5-3-6-16-31)45(38)37-23-14-26-42-46(37)36-21-11-12-25-41(36)52-42/h3-27H,28H2,1-2H3. The third kappa shape index (κ3) is 4.65. The Labute approximate surface area is 302 Å². The van der Waals surface area contributed by atoms with Gasteiger partial charge >= 0.3 is 0 Å². The average molecular weight is 668 g/mol. The number of hydrogen-bond donors (Lipinski definition) is 0. The first-order valence-electron chi connectivity index (χ1n) is 17.8. The predicted molar refractivity (Wildman–Crippen MR) is 212 cm³/mol. The summed E-state index contributed by atoms with van der Waals surface area (Å²) < 4.78 is 6.43. The fourth-order valence-electron chi connectivity index (χ4n) is 8.29. The summed E-state index contributed by atoms with van der Waals surface area (Å²) in [7, 11) is 0. The highest BCUT2D eigenvalue weighted by Crippen LogP contribution is 2.50. The Bertz CT molecular complexity index is 2840. The van der Waals surface area contributed by atoms with Crippen molar-refractivity contribution in [1.82, 2.24) is 15.4 Å². The summed E-state index contributed by atoms with van der Waals surface area (Å²) in [5.41, 5.74) is 19.5. The molecule has 4 heteroatoms. The molecule has 2 aromatic heterocycles. The third-order valence-electron chi connectivity index (χ3n) is 10.8. The molecule has 1 aliphatic carbocycles. The first kappa shape index (κ1) is 30.2. The van der Waals surface area contributed by atoms with Crippen molar-refractivity contribution >= 4 is 21.9 Å². The second kappa shape index (κ2) is 12.0. The number of nitrogens with zero attached hydrogens (tertiary/aromatic N) is 3. The number of furan rings is 1. The Hall–Kier alpha value is -6.65. The molecule has 0 atom stereocenters. The minimum atomic E-state index is 0.791. The Morgan fingerprint density at radius 1 is 0.481 bits per heavy atom. The van der Waals surface area contributed by atoms with Crippen molar-refractivity contribution in [2.75, 3.05) is 0 Å². The van der Waals surface area contributed by atoms with Gasteiger partial charge in [-0.05, 0) is 98.8 Å². The SMILES string of the molecule is Cc1cc2c(c(-c3nnnc(-c4cccc(-c5ccccc5)c4-c4cccc5oc6ccccc6c45)c3-c3ccccc3)c1C)Cc1ccccc1-2. The summed E-state index contributed by atoms with van der Waals surface area (Å²) in [6.07, 6.45) is 0.847. The maximum absolute atomic E-state index is 6.43. The Morgan fingerprint density at radius 2 is 1.12 bits per heavy atom. The molecule has 0 N–H and O–H groups in total. The van der Waals surface area contributed by atoms with E-state index in [0.717, 1.165) is 84.3 Å². The van der Waals surface area contributed by atoms with Crippen LogP contribution in [0.15, 0.2) is 156 Å². The van der Waals surface area contributed by atoms with Crippen molar-refractivity contribution < 1.29 is 4.42 Å². The molecule has 0 bridgehead atoms. The topological polar surface area (TPSA) is 51.8 Å². The number of fused-ring (bicyclic) bond motifs is 6. The molecule has 0 unspecified atom stereocenters. The summed E-state index contributed by atoms with van der Waals surface area (Å²) in [5.74, 6) is 0. The highest BCUT2D eigenvalue weighted by atomic mass is 16.3. The average Bonchev–Trinajstić information content (AvgIpc) is 3.77. The molecule has 0 saturated heterocycles. The van der Waals surface area contributed by atoms with Gasteiger partial charge < -0.3 is 4.42 Å². The van der Waals surface area contributed by atoms with Crippen LogP contribution in [0.3, 0.4) is 0 Å². The van der Waals surface area contributed by atoms with Crippen LogP contribution in [-0.4, -0.2) is 15.4 Å². The van der Waals surface area contributed by atoms with Crippen LogP contribution in [0.4, 0.5) is 0 Å². The van der Waals surface area contributed by atoms with Gasteiger partial charge in [0.15, 0.2) is 0 Å². The van der Waals surface area contributed by atoms with Crippen molar-refractivity contribution in [2.45, 2.75) is 20.3 Å². The van der Waals surface area contributed by atoms with Crippen molar-refractivity contribution in [3.8, 4) is 67.0 Å². The van der Waals surface area contributed by atoms with Crippen molar-refractivity contribution in [3.63, 3.8) is 0 Å². The zero-order valence-electron chi connectivity index (χ0n) is 28.9. The van der Waals surface area contributed by atoms with Gasteiger partial charge in [0.1, 0.15) is 22.6 Å². The van der Waals surface area contributed by atoms with Crippen LogP contribution >= 0.6 is 0 Å². The maximum atomic E-state index is 6.43. The van der Waals surface area contributed by atoms with Gasteiger partial charge in [-0.2, -0.15) is 0 Å². The van der Waals surface area contributed by atoms with Gasteiger partial charge in [0.2, 0.25) is 0 Å². The quantitative estimate of drug-likeness (QED) is 0.183. The number of aryl methyl sites for hydroxylation is 1. The zero-order valence-corrected chi connectivity index (χ0v) is 28.9. The van der Waals surface area contributed by atoms with E-state index >= 15 is 0 Å². The van der Waals surface area contributed by atoms with Gasteiger partial charge in [-0.1, -0.05) is 140 Å². The lowest BCUT2D eigenvalue weighted by molar-refractivity contribution is 0.669. The molecular formula is C48H33N3O. The number of benzene rings is 7. The molecular weight excluding hydrogens is 635 g/mol. The maximum Gasteiger partial charge on any atom is 0.136 e. The van der Waals surface area contributed by atoms with Crippen LogP contribution in [0.25, 0.3) is 89.0 Å². The largest absolute Gasteiger partial charge is 0.456 e. The summed E-state index contributed by atoms with van der Waals surface area (Å²) in [4.78, 5) is 0. The van der Waals surface area contributed by atoms with E-state index in [2.05, 4.69) is 159 Å². The lowest BCUT2D eigenvalue weighted by Crippen LogP contribution is -2.05. The normalized spacial score (nSPS) is 12.0. The van der Waals surface area contributed by atoms with E-state index in [1.165, 1.54) is 33.4 Å². The second-order valence-corrected chi connectivity index (χ2v) is 13.7. The number of para-hydroxylation sites is 1. The Balaban J connectivity index is 1.33. The molecule has 0 saturated carbocycles. The second-order valence-electron chi connectivity index (χ2n) is 13.7. The lowest BCUT2D eigenvalue weighted by Gasteiger charge is -2.21. The summed E-state index contributed by atoms with van der Waals surface area (Å²) in [6.45, 7) is 4.42. The van der Waals surface area contributed by atoms with E-state index in [4.69, 9.17) is 14.6 Å². The van der Waals surface area contributed by atoms with Gasteiger partial charge in [0.25, 0.3) is 0 Å². The highest BCUT2D eigenvalue weighted by Gasteiger charge is 2.29. The van der Waals surface area contributed by atoms with Crippen LogP contribution in [0.5, 0.6) is 0 Å². The molecule has 0 aliphatic heterocycles. The molecule has 52 heavy (non-hydrogen) atoms. The van der Waals surface area contributed by atoms with Crippen molar-refractivity contribution in [3.05, 3.63) is 174 Å². The summed E-state index contributed by atoms with van der Waals surface area (Å²) >= 11 is 0. The van der Waals surface area contributed by atoms with E-state index < -0.39 is 0 Å². The number of rotatable bonds is 5. The molecule has 4 nitrogen and oxygen atoms in total. The van der Waals surface area contributed by atoms with Crippen molar-refractivity contribution in [1.29, 1.82) is 0 Å². The van der Waals surface area contributed by atoms with E-state index in [1.54, 1.807) is 0 Å². The molecule has 9 aromatic rings. The van der Waals surface area contributed by atoms with E-state index in [-0.39, 0.29) is 0 Å². The molecule has 7 aromatic carbocycles. The van der Waals surface area contributed by atoms with Crippen LogP contribution in [0.2, 0.25) is 0 Å². The number of aromatic nitrogens is 3. The minimum absolute atomic E-state index is 0.791. The van der Waals surface area contributed by atoms with Crippen molar-refractivity contribution in [2.24, 2.45) is 0 Å².